The highest BCUT2D eigenvalue weighted by Crippen LogP contribution is 2.18. The van der Waals surface area contributed by atoms with E-state index < -0.39 is 0 Å². The van der Waals surface area contributed by atoms with Gasteiger partial charge in [0.2, 0.25) is 0 Å². The van der Waals surface area contributed by atoms with Gasteiger partial charge < -0.3 is 5.32 Å². The molecule has 0 spiro atoms. The Bertz CT molecular complexity index is 650. The predicted molar refractivity (Wildman–Crippen MR) is 77.7 cm³/mol. The summed E-state index contributed by atoms with van der Waals surface area (Å²) in [5.74, 6) is -0.389. The van der Waals surface area contributed by atoms with E-state index in [0.29, 0.717) is 5.69 Å². The largest absolute Gasteiger partial charge is 0.321 e. The second-order valence-corrected chi connectivity index (χ2v) is 5.26. The molecule has 0 radical (unpaired) electrons. The molecule has 0 aliphatic rings. The summed E-state index contributed by atoms with van der Waals surface area (Å²) in [7, 11) is 0. The van der Waals surface area contributed by atoms with Crippen LogP contribution in [0.2, 0.25) is 0 Å². The number of amides is 1. The van der Waals surface area contributed by atoms with E-state index in [4.69, 9.17) is 5.26 Å². The molecule has 1 N–H and O–H groups in total. The molecular weight excluding hydrogens is 256 g/mol. The fourth-order valence-corrected chi connectivity index (χ4v) is 2.36. The Morgan fingerprint density at radius 1 is 1.26 bits per heavy atom. The Balaban J connectivity index is 2.16. The van der Waals surface area contributed by atoms with Crippen LogP contribution in [0.25, 0.3) is 6.08 Å². The molecule has 94 valence electrons. The first-order chi connectivity index (χ1) is 9.19. The van der Waals surface area contributed by atoms with Gasteiger partial charge in [0.05, 0.1) is 0 Å². The number of nitriles is 1. The van der Waals surface area contributed by atoms with Crippen LogP contribution in [0.3, 0.4) is 0 Å². The van der Waals surface area contributed by atoms with Crippen LogP contribution in [-0.4, -0.2) is 5.91 Å². The number of aryl methyl sites for hydroxylation is 1. The molecule has 19 heavy (non-hydrogen) atoms. The van der Waals surface area contributed by atoms with Crippen molar-refractivity contribution in [2.45, 2.75) is 6.92 Å². The molecule has 3 nitrogen and oxygen atoms in total. The van der Waals surface area contributed by atoms with Crippen LogP contribution < -0.4 is 5.32 Å². The molecule has 0 bridgehead atoms. The normalized spacial score (nSPS) is 10.8. The molecule has 4 heteroatoms. The molecule has 0 aliphatic heterocycles. The van der Waals surface area contributed by atoms with Gasteiger partial charge in [0.1, 0.15) is 11.6 Å². The minimum atomic E-state index is -0.389. The minimum Gasteiger partial charge on any atom is -0.321 e. The van der Waals surface area contributed by atoms with Crippen molar-refractivity contribution in [1.29, 1.82) is 5.26 Å². The Kier molecular flexibility index (Phi) is 4.11. The van der Waals surface area contributed by atoms with Crippen LogP contribution in [0.4, 0.5) is 5.69 Å². The van der Waals surface area contributed by atoms with Gasteiger partial charge in [-0.1, -0.05) is 18.2 Å². The zero-order valence-electron chi connectivity index (χ0n) is 10.4. The number of rotatable bonds is 3. The number of anilines is 1. The van der Waals surface area contributed by atoms with Crippen molar-refractivity contribution >= 4 is 29.0 Å². The molecule has 0 fully saturated rings. The van der Waals surface area contributed by atoms with Crippen LogP contribution in [0.1, 0.15) is 9.75 Å². The number of carbonyl (C=O) groups excluding carboxylic acids is 1. The Morgan fingerprint density at radius 2 is 2.00 bits per heavy atom. The molecule has 0 saturated carbocycles. The molecule has 1 heterocycles. The average Bonchev–Trinajstić information content (AvgIpc) is 2.82. The predicted octanol–water partition coefficient (Wildman–Crippen LogP) is 3.60. The maximum atomic E-state index is 12.0. The van der Waals surface area contributed by atoms with Crippen LogP contribution in [0, 0.1) is 18.3 Å². The van der Waals surface area contributed by atoms with Crippen molar-refractivity contribution in [1.82, 2.24) is 0 Å². The van der Waals surface area contributed by atoms with Gasteiger partial charge in [0.15, 0.2) is 0 Å². The lowest BCUT2D eigenvalue weighted by molar-refractivity contribution is -0.112. The summed E-state index contributed by atoms with van der Waals surface area (Å²) in [6, 6.07) is 14.9. The van der Waals surface area contributed by atoms with Gasteiger partial charge in [0, 0.05) is 15.4 Å². The second kappa shape index (κ2) is 5.98. The maximum Gasteiger partial charge on any atom is 0.266 e. The number of nitrogens with zero attached hydrogens (tertiary/aromatic N) is 1. The summed E-state index contributed by atoms with van der Waals surface area (Å²) in [6.07, 6.45) is 1.61. The SMILES string of the molecule is Cc1ccc(/C=C(\C#N)C(=O)Nc2ccccc2)s1. The first kappa shape index (κ1) is 13.1. The summed E-state index contributed by atoms with van der Waals surface area (Å²) in [5.41, 5.74) is 0.779. The third-order valence-corrected chi connectivity index (χ3v) is 3.39. The Labute approximate surface area is 115 Å². The van der Waals surface area contributed by atoms with E-state index in [9.17, 15) is 4.79 Å². The molecule has 1 aromatic heterocycles. The number of thiophene rings is 1. The maximum absolute atomic E-state index is 12.0. The van der Waals surface area contributed by atoms with Crippen LogP contribution in [0.5, 0.6) is 0 Å². The summed E-state index contributed by atoms with van der Waals surface area (Å²) in [5, 5.41) is 11.8. The van der Waals surface area contributed by atoms with Crippen molar-refractivity contribution in [3.05, 3.63) is 57.8 Å². The van der Waals surface area contributed by atoms with E-state index in [2.05, 4.69) is 5.32 Å². The van der Waals surface area contributed by atoms with E-state index in [0.717, 1.165) is 9.75 Å². The fourth-order valence-electron chi connectivity index (χ4n) is 1.54. The highest BCUT2D eigenvalue weighted by Gasteiger charge is 2.09. The van der Waals surface area contributed by atoms with E-state index in [-0.39, 0.29) is 11.5 Å². The highest BCUT2D eigenvalue weighted by atomic mass is 32.1. The quantitative estimate of drug-likeness (QED) is 0.683. The van der Waals surface area contributed by atoms with E-state index in [1.807, 2.05) is 43.3 Å². The summed E-state index contributed by atoms with van der Waals surface area (Å²) >= 11 is 1.55. The van der Waals surface area contributed by atoms with Crippen LogP contribution in [0.15, 0.2) is 48.0 Å². The summed E-state index contributed by atoms with van der Waals surface area (Å²) in [6.45, 7) is 1.98. The molecule has 2 rings (SSSR count). The second-order valence-electron chi connectivity index (χ2n) is 3.94. The number of hydrogen-bond donors (Lipinski definition) is 1. The number of nitrogens with one attached hydrogen (secondary N) is 1. The van der Waals surface area contributed by atoms with Crippen molar-refractivity contribution in [2.75, 3.05) is 5.32 Å². The summed E-state index contributed by atoms with van der Waals surface area (Å²) < 4.78 is 0. The van der Waals surface area contributed by atoms with Crippen LogP contribution in [-0.2, 0) is 4.79 Å². The van der Waals surface area contributed by atoms with Crippen molar-refractivity contribution in [3.8, 4) is 6.07 Å². The molecule has 0 saturated heterocycles. The first-order valence-electron chi connectivity index (χ1n) is 5.73. The minimum absolute atomic E-state index is 0.103. The van der Waals surface area contributed by atoms with E-state index in [1.54, 1.807) is 29.5 Å². The van der Waals surface area contributed by atoms with Crippen molar-refractivity contribution in [3.63, 3.8) is 0 Å². The Hall–Kier alpha value is -2.38. The van der Waals surface area contributed by atoms with E-state index >= 15 is 0 Å². The van der Waals surface area contributed by atoms with Gasteiger partial charge in [-0.2, -0.15) is 5.26 Å². The topological polar surface area (TPSA) is 52.9 Å². The standard InChI is InChI=1S/C15H12N2OS/c1-11-7-8-14(19-11)9-12(10-16)15(18)17-13-5-3-2-4-6-13/h2-9H,1H3,(H,17,18)/b12-9+. The van der Waals surface area contributed by atoms with Gasteiger partial charge in [-0.25, -0.2) is 0 Å². The lowest BCUT2D eigenvalue weighted by Gasteiger charge is -2.03. The zero-order valence-corrected chi connectivity index (χ0v) is 11.2. The lowest BCUT2D eigenvalue weighted by atomic mass is 10.2. The van der Waals surface area contributed by atoms with Gasteiger partial charge >= 0.3 is 0 Å². The molecule has 1 amide bonds. The third-order valence-electron chi connectivity index (χ3n) is 2.44. The number of benzene rings is 1. The lowest BCUT2D eigenvalue weighted by Crippen LogP contribution is -2.13. The summed E-state index contributed by atoms with van der Waals surface area (Å²) in [4.78, 5) is 14.0. The number of para-hydroxylation sites is 1. The van der Waals surface area contributed by atoms with Gasteiger partial charge in [-0.05, 0) is 37.3 Å². The number of hydrogen-bond acceptors (Lipinski definition) is 3. The Morgan fingerprint density at radius 3 is 2.58 bits per heavy atom. The fraction of sp³-hybridized carbons (Fsp3) is 0.0667. The van der Waals surface area contributed by atoms with Crippen molar-refractivity contribution < 1.29 is 4.79 Å². The molecular formula is C15H12N2OS. The molecule has 0 atom stereocenters. The highest BCUT2D eigenvalue weighted by molar-refractivity contribution is 7.12. The zero-order chi connectivity index (χ0) is 13.7. The smallest absolute Gasteiger partial charge is 0.266 e. The molecule has 2 aromatic rings. The van der Waals surface area contributed by atoms with Gasteiger partial charge in [-0.3, -0.25) is 4.79 Å². The molecule has 0 unspecified atom stereocenters. The molecule has 0 aliphatic carbocycles. The van der Waals surface area contributed by atoms with Crippen LogP contribution >= 0.6 is 11.3 Å². The third kappa shape index (κ3) is 3.54. The van der Waals surface area contributed by atoms with Gasteiger partial charge in [0.25, 0.3) is 5.91 Å². The monoisotopic (exact) mass is 268 g/mol. The first-order valence-corrected chi connectivity index (χ1v) is 6.55. The average molecular weight is 268 g/mol. The number of carbonyl (C=O) groups is 1. The van der Waals surface area contributed by atoms with Crippen molar-refractivity contribution in [2.24, 2.45) is 0 Å². The van der Waals surface area contributed by atoms with E-state index in [1.165, 1.54) is 0 Å². The molecule has 1 aromatic carbocycles. The van der Waals surface area contributed by atoms with Gasteiger partial charge in [-0.15, -0.1) is 11.3 Å².